The van der Waals surface area contributed by atoms with E-state index in [1.165, 1.54) is 12.8 Å². The van der Waals surface area contributed by atoms with Crippen LogP contribution < -0.4 is 5.73 Å². The Morgan fingerprint density at radius 2 is 2.17 bits per heavy atom. The molecule has 2 aliphatic rings. The van der Waals surface area contributed by atoms with Gasteiger partial charge >= 0.3 is 0 Å². The minimum absolute atomic E-state index is 0.308. The summed E-state index contributed by atoms with van der Waals surface area (Å²) in [5.41, 5.74) is 6.07. The third-order valence-corrected chi connectivity index (χ3v) is 4.35. The number of nitrogens with two attached hydrogens (primary N) is 1. The van der Waals surface area contributed by atoms with Crippen LogP contribution in [-0.2, 0) is 17.7 Å². The summed E-state index contributed by atoms with van der Waals surface area (Å²) >= 11 is 0. The van der Waals surface area contributed by atoms with Crippen LogP contribution in [0.5, 0.6) is 0 Å². The minimum Gasteiger partial charge on any atom is -0.381 e. The van der Waals surface area contributed by atoms with Gasteiger partial charge in [-0.2, -0.15) is 0 Å². The van der Waals surface area contributed by atoms with Crippen molar-refractivity contribution < 1.29 is 4.74 Å². The number of hydrogen-bond acceptors (Lipinski definition) is 4. The molecule has 1 aromatic heterocycles. The molecule has 0 spiro atoms. The van der Waals surface area contributed by atoms with Crippen molar-refractivity contribution in [3.05, 3.63) is 11.6 Å². The Hall–Kier alpha value is -0.940. The lowest BCUT2D eigenvalue weighted by atomic mass is 9.85. The van der Waals surface area contributed by atoms with Gasteiger partial charge in [0.2, 0.25) is 0 Å². The van der Waals surface area contributed by atoms with Crippen LogP contribution in [0.4, 0.5) is 0 Å². The van der Waals surface area contributed by atoms with E-state index in [0.29, 0.717) is 18.1 Å². The number of fused-ring (bicyclic) bond motifs is 1. The third-order valence-electron chi connectivity index (χ3n) is 4.35. The second-order valence-corrected chi connectivity index (χ2v) is 5.60. The zero-order valence-electron chi connectivity index (χ0n) is 11.0. The van der Waals surface area contributed by atoms with E-state index < -0.39 is 0 Å². The maximum absolute atomic E-state index is 6.07. The van der Waals surface area contributed by atoms with Gasteiger partial charge in [-0.3, -0.25) is 0 Å². The van der Waals surface area contributed by atoms with E-state index in [4.69, 9.17) is 10.5 Å². The van der Waals surface area contributed by atoms with Crippen LogP contribution >= 0.6 is 0 Å². The van der Waals surface area contributed by atoms with Crippen LogP contribution in [0.15, 0.2) is 0 Å². The molecule has 2 N–H and O–H groups in total. The molecule has 0 aromatic carbocycles. The molecule has 2 heterocycles. The third kappa shape index (κ3) is 2.17. The first-order valence-electron chi connectivity index (χ1n) is 6.98. The minimum atomic E-state index is 0.308. The fourth-order valence-electron chi connectivity index (χ4n) is 3.29. The van der Waals surface area contributed by atoms with Gasteiger partial charge in [-0.1, -0.05) is 6.42 Å². The molecule has 0 amide bonds. The first-order chi connectivity index (χ1) is 8.78. The molecule has 0 bridgehead atoms. The molecule has 1 fully saturated rings. The zero-order valence-corrected chi connectivity index (χ0v) is 11.0. The standard InChI is InChI=1S/C13H22N4O/c1-18-11-5-6-17-12(8-11)15-16-13(17)9-3-2-4-10(14)7-9/h9-11H,2-8,14H2,1H3/t9-,10+,11?/m0/s1. The Morgan fingerprint density at radius 1 is 1.28 bits per heavy atom. The van der Waals surface area contributed by atoms with Gasteiger partial charge in [-0.05, 0) is 25.7 Å². The van der Waals surface area contributed by atoms with Crippen LogP contribution in [-0.4, -0.2) is 34.0 Å². The molecule has 1 aliphatic carbocycles. The predicted octanol–water partition coefficient (Wildman–Crippen LogP) is 1.22. The van der Waals surface area contributed by atoms with Crippen molar-refractivity contribution in [2.45, 2.75) is 63.1 Å². The molecule has 1 aromatic rings. The average Bonchev–Trinajstić information content (AvgIpc) is 2.81. The molecule has 5 heteroatoms. The van der Waals surface area contributed by atoms with Gasteiger partial charge in [0.05, 0.1) is 6.10 Å². The van der Waals surface area contributed by atoms with E-state index in [1.54, 1.807) is 7.11 Å². The number of aromatic nitrogens is 3. The van der Waals surface area contributed by atoms with E-state index in [-0.39, 0.29) is 0 Å². The molecule has 0 radical (unpaired) electrons. The van der Waals surface area contributed by atoms with Crippen molar-refractivity contribution in [3.63, 3.8) is 0 Å². The van der Waals surface area contributed by atoms with Gasteiger partial charge in [-0.25, -0.2) is 0 Å². The van der Waals surface area contributed by atoms with Crippen LogP contribution in [0.1, 0.15) is 49.7 Å². The molecule has 1 unspecified atom stereocenters. The van der Waals surface area contributed by atoms with Crippen molar-refractivity contribution in [1.29, 1.82) is 0 Å². The van der Waals surface area contributed by atoms with Gasteiger partial charge in [0, 0.05) is 32.0 Å². The molecule has 0 saturated heterocycles. The molecule has 1 saturated carbocycles. The lowest BCUT2D eigenvalue weighted by molar-refractivity contribution is 0.0789. The van der Waals surface area contributed by atoms with Gasteiger partial charge in [0.1, 0.15) is 11.6 Å². The van der Waals surface area contributed by atoms with Crippen molar-refractivity contribution in [3.8, 4) is 0 Å². The summed E-state index contributed by atoms with van der Waals surface area (Å²) in [4.78, 5) is 0. The number of methoxy groups -OCH3 is 1. The Kier molecular flexibility index (Phi) is 3.35. The second kappa shape index (κ2) is 4.97. The fourth-order valence-corrected chi connectivity index (χ4v) is 3.29. The normalized spacial score (nSPS) is 32.2. The fraction of sp³-hybridized carbons (Fsp3) is 0.846. The summed E-state index contributed by atoms with van der Waals surface area (Å²) in [5, 5.41) is 8.77. The van der Waals surface area contributed by atoms with Crippen molar-refractivity contribution in [1.82, 2.24) is 14.8 Å². The summed E-state index contributed by atoms with van der Waals surface area (Å²) in [6.07, 6.45) is 6.90. The Labute approximate surface area is 108 Å². The molecule has 5 nitrogen and oxygen atoms in total. The number of ether oxygens (including phenoxy) is 1. The van der Waals surface area contributed by atoms with Gasteiger partial charge < -0.3 is 15.0 Å². The highest BCUT2D eigenvalue weighted by atomic mass is 16.5. The molecule has 1 aliphatic heterocycles. The van der Waals surface area contributed by atoms with Crippen LogP contribution in [0.25, 0.3) is 0 Å². The summed E-state index contributed by atoms with van der Waals surface area (Å²) in [6, 6.07) is 0.340. The summed E-state index contributed by atoms with van der Waals surface area (Å²) in [5.74, 6) is 2.76. The van der Waals surface area contributed by atoms with Crippen LogP contribution in [0.2, 0.25) is 0 Å². The summed E-state index contributed by atoms with van der Waals surface area (Å²) in [7, 11) is 1.78. The largest absolute Gasteiger partial charge is 0.381 e. The Morgan fingerprint density at radius 3 is 2.94 bits per heavy atom. The first kappa shape index (κ1) is 12.1. The quantitative estimate of drug-likeness (QED) is 0.857. The van der Waals surface area contributed by atoms with Crippen molar-refractivity contribution in [2.75, 3.05) is 7.11 Å². The van der Waals surface area contributed by atoms with Gasteiger partial charge in [-0.15, -0.1) is 10.2 Å². The summed E-state index contributed by atoms with van der Waals surface area (Å²) in [6.45, 7) is 0.988. The van der Waals surface area contributed by atoms with Gasteiger partial charge in [0.15, 0.2) is 0 Å². The summed E-state index contributed by atoms with van der Waals surface area (Å²) < 4.78 is 7.72. The number of rotatable bonds is 2. The SMILES string of the molecule is COC1CCn2c(nnc2[C@H]2CCC[C@@H](N)C2)C1. The maximum Gasteiger partial charge on any atom is 0.136 e. The highest BCUT2D eigenvalue weighted by Gasteiger charge is 2.29. The van der Waals surface area contributed by atoms with E-state index in [0.717, 1.165) is 43.9 Å². The average molecular weight is 250 g/mol. The number of hydrogen-bond donors (Lipinski definition) is 1. The molecule has 3 rings (SSSR count). The zero-order chi connectivity index (χ0) is 12.5. The highest BCUT2D eigenvalue weighted by molar-refractivity contribution is 5.07. The van der Waals surface area contributed by atoms with E-state index in [2.05, 4.69) is 14.8 Å². The Bertz CT molecular complexity index is 417. The maximum atomic E-state index is 6.07. The smallest absolute Gasteiger partial charge is 0.136 e. The van der Waals surface area contributed by atoms with Crippen molar-refractivity contribution >= 4 is 0 Å². The van der Waals surface area contributed by atoms with E-state index in [1.807, 2.05) is 0 Å². The monoisotopic (exact) mass is 250 g/mol. The van der Waals surface area contributed by atoms with Gasteiger partial charge in [0.25, 0.3) is 0 Å². The van der Waals surface area contributed by atoms with Crippen molar-refractivity contribution in [2.24, 2.45) is 5.73 Å². The van der Waals surface area contributed by atoms with Crippen LogP contribution in [0.3, 0.4) is 0 Å². The topological polar surface area (TPSA) is 66.0 Å². The van der Waals surface area contributed by atoms with E-state index >= 15 is 0 Å². The van der Waals surface area contributed by atoms with E-state index in [9.17, 15) is 0 Å². The lowest BCUT2D eigenvalue weighted by Gasteiger charge is -2.28. The molecular weight excluding hydrogens is 228 g/mol. The predicted molar refractivity (Wildman–Crippen MR) is 68.3 cm³/mol. The molecular formula is C13H22N4O. The van der Waals surface area contributed by atoms with Crippen LogP contribution in [0, 0.1) is 0 Å². The number of nitrogens with zero attached hydrogens (tertiary/aromatic N) is 3. The second-order valence-electron chi connectivity index (χ2n) is 5.60. The lowest BCUT2D eigenvalue weighted by Crippen LogP contribution is -2.30. The Balaban J connectivity index is 1.80. The molecule has 100 valence electrons. The first-order valence-corrected chi connectivity index (χ1v) is 6.98. The molecule has 18 heavy (non-hydrogen) atoms. The highest BCUT2D eigenvalue weighted by Crippen LogP contribution is 2.32. The molecule has 3 atom stereocenters.